The molecular weight excluding hydrogens is 300 g/mol. The minimum atomic E-state index is -3.55. The maximum atomic E-state index is 12.4. The standard InChI is InChI=1S/C15H18N4O2S/c1-3-15-16-9-12(18-15)10-17-22(20,21)13-5-4-11-6-7-19(2)14(11)8-13/h4-9,17H,3,10H2,1-2H3,(H,16,18). The SMILES string of the molecule is CCc1ncc(CNS(=O)(=O)c2ccc3ccn(C)c3c2)[nH]1. The molecule has 0 bridgehead atoms. The fraction of sp³-hybridized carbons (Fsp3) is 0.267. The summed E-state index contributed by atoms with van der Waals surface area (Å²) in [5.41, 5.74) is 1.64. The normalized spacial score (nSPS) is 12.1. The number of imidazole rings is 1. The Morgan fingerprint density at radius 2 is 2.14 bits per heavy atom. The number of aromatic nitrogens is 3. The number of hydrogen-bond donors (Lipinski definition) is 2. The van der Waals surface area contributed by atoms with Crippen molar-refractivity contribution in [2.75, 3.05) is 0 Å². The monoisotopic (exact) mass is 318 g/mol. The average Bonchev–Trinajstić information content (AvgIpc) is 3.12. The molecule has 3 rings (SSSR count). The Bertz CT molecular complexity index is 909. The lowest BCUT2D eigenvalue weighted by atomic mass is 10.2. The number of nitrogens with one attached hydrogen (secondary N) is 2. The summed E-state index contributed by atoms with van der Waals surface area (Å²) in [6, 6.07) is 7.07. The van der Waals surface area contributed by atoms with Gasteiger partial charge in [-0.3, -0.25) is 0 Å². The van der Waals surface area contributed by atoms with Crippen molar-refractivity contribution in [3.8, 4) is 0 Å². The highest BCUT2D eigenvalue weighted by atomic mass is 32.2. The summed E-state index contributed by atoms with van der Waals surface area (Å²) in [6.45, 7) is 2.18. The van der Waals surface area contributed by atoms with Gasteiger partial charge in [-0.25, -0.2) is 18.1 Å². The third-order valence-corrected chi connectivity index (χ3v) is 5.04. The smallest absolute Gasteiger partial charge is 0.240 e. The molecule has 0 radical (unpaired) electrons. The molecule has 2 N–H and O–H groups in total. The van der Waals surface area contributed by atoms with Gasteiger partial charge in [-0.2, -0.15) is 0 Å². The van der Waals surface area contributed by atoms with E-state index in [0.717, 1.165) is 28.8 Å². The number of benzene rings is 1. The maximum absolute atomic E-state index is 12.4. The van der Waals surface area contributed by atoms with Crippen LogP contribution in [0.5, 0.6) is 0 Å². The van der Waals surface area contributed by atoms with Gasteiger partial charge in [0.15, 0.2) is 0 Å². The van der Waals surface area contributed by atoms with Crippen LogP contribution in [0.25, 0.3) is 10.9 Å². The largest absolute Gasteiger partial charge is 0.351 e. The van der Waals surface area contributed by atoms with Crippen molar-refractivity contribution in [3.63, 3.8) is 0 Å². The second-order valence-electron chi connectivity index (χ2n) is 5.18. The summed E-state index contributed by atoms with van der Waals surface area (Å²) in [5, 5.41) is 1.02. The van der Waals surface area contributed by atoms with Crippen LogP contribution in [0.4, 0.5) is 0 Å². The van der Waals surface area contributed by atoms with Gasteiger partial charge in [0.05, 0.1) is 11.4 Å². The number of nitrogens with zero attached hydrogens (tertiary/aromatic N) is 2. The Kier molecular flexibility index (Phi) is 3.76. The molecule has 116 valence electrons. The molecular formula is C15H18N4O2S. The number of rotatable bonds is 5. The molecule has 0 aliphatic heterocycles. The first-order chi connectivity index (χ1) is 10.5. The third kappa shape index (κ3) is 2.77. The molecule has 22 heavy (non-hydrogen) atoms. The second kappa shape index (κ2) is 5.58. The van der Waals surface area contributed by atoms with Gasteiger partial charge in [-0.15, -0.1) is 0 Å². The zero-order chi connectivity index (χ0) is 15.7. The van der Waals surface area contributed by atoms with Crippen LogP contribution in [-0.2, 0) is 30.0 Å². The van der Waals surface area contributed by atoms with Crippen molar-refractivity contribution in [1.82, 2.24) is 19.3 Å². The van der Waals surface area contributed by atoms with Gasteiger partial charge in [-0.1, -0.05) is 13.0 Å². The number of fused-ring (bicyclic) bond motifs is 1. The highest BCUT2D eigenvalue weighted by Crippen LogP contribution is 2.19. The topological polar surface area (TPSA) is 79.8 Å². The molecule has 0 saturated carbocycles. The fourth-order valence-electron chi connectivity index (χ4n) is 2.34. The number of hydrogen-bond acceptors (Lipinski definition) is 3. The lowest BCUT2D eigenvalue weighted by Gasteiger charge is -2.06. The van der Waals surface area contributed by atoms with Crippen molar-refractivity contribution in [3.05, 3.63) is 48.2 Å². The molecule has 0 aliphatic carbocycles. The molecule has 0 saturated heterocycles. The van der Waals surface area contributed by atoms with Gasteiger partial charge in [0, 0.05) is 37.1 Å². The predicted octanol–water partition coefficient (Wildman–Crippen LogP) is 1.94. The van der Waals surface area contributed by atoms with Gasteiger partial charge in [0.25, 0.3) is 0 Å². The molecule has 7 heteroatoms. The van der Waals surface area contributed by atoms with Crippen molar-refractivity contribution in [2.45, 2.75) is 24.8 Å². The van der Waals surface area contributed by atoms with E-state index in [-0.39, 0.29) is 11.4 Å². The van der Waals surface area contributed by atoms with Crippen LogP contribution in [0.15, 0.2) is 41.6 Å². The van der Waals surface area contributed by atoms with Crippen molar-refractivity contribution < 1.29 is 8.42 Å². The van der Waals surface area contributed by atoms with E-state index in [9.17, 15) is 8.42 Å². The second-order valence-corrected chi connectivity index (χ2v) is 6.95. The quantitative estimate of drug-likeness (QED) is 0.754. The summed E-state index contributed by atoms with van der Waals surface area (Å²) in [5.74, 6) is 0.847. The molecule has 1 aromatic carbocycles. The number of H-pyrrole nitrogens is 1. The average molecular weight is 318 g/mol. The Hall–Kier alpha value is -2.12. The Morgan fingerprint density at radius 3 is 2.86 bits per heavy atom. The van der Waals surface area contributed by atoms with E-state index < -0.39 is 10.0 Å². The van der Waals surface area contributed by atoms with Gasteiger partial charge in [0.1, 0.15) is 5.82 Å². The minimum Gasteiger partial charge on any atom is -0.351 e. The highest BCUT2D eigenvalue weighted by Gasteiger charge is 2.15. The zero-order valence-electron chi connectivity index (χ0n) is 12.5. The van der Waals surface area contributed by atoms with Crippen LogP contribution in [0.2, 0.25) is 0 Å². The maximum Gasteiger partial charge on any atom is 0.240 e. The third-order valence-electron chi connectivity index (χ3n) is 3.64. The highest BCUT2D eigenvalue weighted by molar-refractivity contribution is 7.89. The molecule has 0 amide bonds. The van der Waals surface area contributed by atoms with Crippen LogP contribution in [-0.4, -0.2) is 23.0 Å². The van der Waals surface area contributed by atoms with Crippen LogP contribution in [0.3, 0.4) is 0 Å². The van der Waals surface area contributed by atoms with Gasteiger partial charge in [-0.05, 0) is 23.6 Å². The van der Waals surface area contributed by atoms with Crippen LogP contribution < -0.4 is 4.72 Å². The minimum absolute atomic E-state index is 0.195. The van der Waals surface area contributed by atoms with Gasteiger partial charge in [0.2, 0.25) is 10.0 Å². The Balaban J connectivity index is 1.82. The molecule has 0 aliphatic rings. The first kappa shape index (κ1) is 14.8. The van der Waals surface area contributed by atoms with E-state index in [1.807, 2.05) is 36.9 Å². The molecule has 2 heterocycles. The van der Waals surface area contributed by atoms with Crippen LogP contribution in [0.1, 0.15) is 18.4 Å². The molecule has 0 spiro atoms. The summed E-state index contributed by atoms with van der Waals surface area (Å²) in [4.78, 5) is 7.50. The predicted molar refractivity (Wildman–Crippen MR) is 84.9 cm³/mol. The molecule has 0 atom stereocenters. The molecule has 0 fully saturated rings. The van der Waals surface area contributed by atoms with Crippen LogP contribution >= 0.6 is 0 Å². The first-order valence-corrected chi connectivity index (χ1v) is 8.55. The van der Waals surface area contributed by atoms with E-state index in [0.29, 0.717) is 0 Å². The van der Waals surface area contributed by atoms with E-state index in [1.54, 1.807) is 18.3 Å². The number of aromatic amines is 1. The Morgan fingerprint density at radius 1 is 1.32 bits per heavy atom. The fourth-order valence-corrected chi connectivity index (χ4v) is 3.37. The van der Waals surface area contributed by atoms with E-state index in [1.165, 1.54) is 0 Å². The van der Waals surface area contributed by atoms with E-state index >= 15 is 0 Å². The molecule has 0 unspecified atom stereocenters. The number of aryl methyl sites for hydroxylation is 2. The number of sulfonamides is 1. The Labute approximate surface area is 129 Å². The summed E-state index contributed by atoms with van der Waals surface area (Å²) in [6.07, 6.45) is 4.35. The molecule has 6 nitrogen and oxygen atoms in total. The lowest BCUT2D eigenvalue weighted by molar-refractivity contribution is 0.580. The van der Waals surface area contributed by atoms with Crippen molar-refractivity contribution >= 4 is 20.9 Å². The molecule has 2 aromatic heterocycles. The zero-order valence-corrected chi connectivity index (χ0v) is 13.3. The van der Waals surface area contributed by atoms with Gasteiger partial charge < -0.3 is 9.55 Å². The van der Waals surface area contributed by atoms with E-state index in [4.69, 9.17) is 0 Å². The van der Waals surface area contributed by atoms with E-state index in [2.05, 4.69) is 14.7 Å². The van der Waals surface area contributed by atoms with Crippen molar-refractivity contribution in [2.24, 2.45) is 7.05 Å². The summed E-state index contributed by atoms with van der Waals surface area (Å²) in [7, 11) is -1.66. The summed E-state index contributed by atoms with van der Waals surface area (Å²) >= 11 is 0. The molecule has 3 aromatic rings. The van der Waals surface area contributed by atoms with Crippen molar-refractivity contribution in [1.29, 1.82) is 0 Å². The lowest BCUT2D eigenvalue weighted by Crippen LogP contribution is -2.23. The summed E-state index contributed by atoms with van der Waals surface area (Å²) < 4.78 is 29.3. The van der Waals surface area contributed by atoms with Gasteiger partial charge >= 0.3 is 0 Å². The first-order valence-electron chi connectivity index (χ1n) is 7.07. The van der Waals surface area contributed by atoms with Crippen LogP contribution in [0, 0.1) is 0 Å².